The Bertz CT molecular complexity index is 1110. The zero-order chi connectivity index (χ0) is 23.1. The van der Waals surface area contributed by atoms with Crippen LogP contribution < -0.4 is 10.7 Å². The van der Waals surface area contributed by atoms with E-state index in [0.29, 0.717) is 18.6 Å². The molecule has 0 radical (unpaired) electrons. The Labute approximate surface area is 175 Å². The predicted octanol–water partition coefficient (Wildman–Crippen LogP) is 2.53. The van der Waals surface area contributed by atoms with Crippen LogP contribution in [0.4, 0.5) is 13.2 Å². The van der Waals surface area contributed by atoms with Gasteiger partial charge in [0.25, 0.3) is 5.91 Å². The van der Waals surface area contributed by atoms with Gasteiger partial charge in [0.1, 0.15) is 28.7 Å². The summed E-state index contributed by atoms with van der Waals surface area (Å²) in [6.07, 6.45) is 0.927. The van der Waals surface area contributed by atoms with Gasteiger partial charge in [-0.3, -0.25) is 14.4 Å². The first-order valence-corrected chi connectivity index (χ1v) is 9.50. The Balaban J connectivity index is 1.96. The maximum atomic E-state index is 13.8. The number of ether oxygens (including phenoxy) is 1. The van der Waals surface area contributed by atoms with Crippen molar-refractivity contribution in [1.29, 1.82) is 0 Å². The van der Waals surface area contributed by atoms with E-state index < -0.39 is 69.5 Å². The van der Waals surface area contributed by atoms with Crippen LogP contribution in [0.15, 0.2) is 23.1 Å². The van der Waals surface area contributed by atoms with Crippen molar-refractivity contribution in [2.75, 3.05) is 7.11 Å². The summed E-state index contributed by atoms with van der Waals surface area (Å²) in [6.45, 7) is 2.89. The monoisotopic (exact) mass is 438 g/mol. The molecule has 2 unspecified atom stereocenters. The molecule has 166 valence electrons. The number of ketones is 1. The molecule has 0 spiro atoms. The molecule has 31 heavy (non-hydrogen) atoms. The number of nitrogens with zero attached hydrogens (tertiary/aromatic N) is 1. The highest BCUT2D eigenvalue weighted by atomic mass is 19.1. The second kappa shape index (κ2) is 8.18. The number of carbonyl (C=O) groups excluding carboxylic acids is 2. The fourth-order valence-corrected chi connectivity index (χ4v) is 3.72. The molecule has 0 bridgehead atoms. The number of methoxy groups -OCH3 is 1. The number of carbonyl (C=O) groups is 2. The molecule has 2 aromatic rings. The molecule has 0 aliphatic carbocycles. The molecule has 1 aromatic heterocycles. The van der Waals surface area contributed by atoms with E-state index in [1.165, 1.54) is 11.7 Å². The largest absolute Gasteiger partial charge is 0.503 e. The van der Waals surface area contributed by atoms with Crippen LogP contribution in [0.2, 0.25) is 0 Å². The molecule has 1 aliphatic rings. The van der Waals surface area contributed by atoms with Crippen LogP contribution in [-0.4, -0.2) is 34.6 Å². The molecule has 10 heteroatoms. The van der Waals surface area contributed by atoms with Crippen LogP contribution >= 0.6 is 0 Å². The lowest BCUT2D eigenvalue weighted by Crippen LogP contribution is -2.49. The number of benzene rings is 1. The maximum absolute atomic E-state index is 13.8. The van der Waals surface area contributed by atoms with Gasteiger partial charge in [0.05, 0.1) is 18.1 Å². The van der Waals surface area contributed by atoms with Gasteiger partial charge in [-0.15, -0.1) is 0 Å². The summed E-state index contributed by atoms with van der Waals surface area (Å²) in [5, 5.41) is 12.6. The fraction of sp³-hybridized carbons (Fsp3) is 0.381. The smallest absolute Gasteiger partial charge is 0.257 e. The van der Waals surface area contributed by atoms with E-state index >= 15 is 0 Å². The van der Waals surface area contributed by atoms with Crippen molar-refractivity contribution in [3.05, 3.63) is 62.8 Å². The molecule has 0 saturated carbocycles. The molecule has 1 aromatic carbocycles. The van der Waals surface area contributed by atoms with Crippen LogP contribution in [0, 0.1) is 22.9 Å². The summed E-state index contributed by atoms with van der Waals surface area (Å²) in [6, 6.07) is 0.927. The van der Waals surface area contributed by atoms with Crippen LogP contribution in [0.5, 0.6) is 5.75 Å². The van der Waals surface area contributed by atoms with Crippen molar-refractivity contribution in [2.45, 2.75) is 39.5 Å². The zero-order valence-electron chi connectivity index (χ0n) is 17.1. The third kappa shape index (κ3) is 3.71. The molecule has 0 saturated heterocycles. The number of nitrogens with one attached hydrogen (secondary N) is 1. The number of rotatable bonds is 5. The molecule has 7 nitrogen and oxygen atoms in total. The summed E-state index contributed by atoms with van der Waals surface area (Å²) in [4.78, 5) is 38.1. The van der Waals surface area contributed by atoms with Crippen molar-refractivity contribution in [3.63, 3.8) is 0 Å². The average Bonchev–Trinajstić information content (AvgIpc) is 2.71. The predicted molar refractivity (Wildman–Crippen MR) is 103 cm³/mol. The van der Waals surface area contributed by atoms with Gasteiger partial charge in [-0.2, -0.15) is 0 Å². The van der Waals surface area contributed by atoms with Crippen molar-refractivity contribution in [1.82, 2.24) is 9.88 Å². The lowest BCUT2D eigenvalue weighted by Gasteiger charge is -2.40. The van der Waals surface area contributed by atoms with Gasteiger partial charge >= 0.3 is 0 Å². The molecular formula is C21H21F3N2O5. The Hall–Kier alpha value is -3.14. The standard InChI is InChI=1S/C21H21F3N2O5/c1-4-21(2)15(31-3)9-26-8-12(17(27)18(28)16(26)19(21)29)20(30)25-7-11-13(23)5-10(22)6-14(11)24/h5-6,8,15,28H,4,7,9H2,1-3H3,(H,25,30). The summed E-state index contributed by atoms with van der Waals surface area (Å²) in [7, 11) is 1.43. The van der Waals surface area contributed by atoms with E-state index in [2.05, 4.69) is 5.32 Å². The van der Waals surface area contributed by atoms with Crippen LogP contribution in [0.3, 0.4) is 0 Å². The van der Waals surface area contributed by atoms with Gasteiger partial charge in [0.15, 0.2) is 11.5 Å². The number of fused-ring (bicyclic) bond motifs is 1. The molecular weight excluding hydrogens is 417 g/mol. The van der Waals surface area contributed by atoms with Crippen molar-refractivity contribution >= 4 is 11.7 Å². The van der Waals surface area contributed by atoms with E-state index in [1.54, 1.807) is 13.8 Å². The van der Waals surface area contributed by atoms with Crippen LogP contribution in [-0.2, 0) is 17.8 Å². The molecule has 0 fully saturated rings. The number of hydrogen-bond donors (Lipinski definition) is 2. The highest BCUT2D eigenvalue weighted by Crippen LogP contribution is 2.38. The van der Waals surface area contributed by atoms with Crippen LogP contribution in [0.1, 0.15) is 46.7 Å². The van der Waals surface area contributed by atoms with Crippen molar-refractivity contribution in [3.8, 4) is 5.75 Å². The van der Waals surface area contributed by atoms with E-state index in [4.69, 9.17) is 4.74 Å². The molecule has 2 atom stereocenters. The van der Waals surface area contributed by atoms with E-state index in [1.807, 2.05) is 0 Å². The minimum Gasteiger partial charge on any atom is -0.503 e. The second-order valence-electron chi connectivity index (χ2n) is 7.58. The van der Waals surface area contributed by atoms with Crippen LogP contribution in [0.25, 0.3) is 0 Å². The van der Waals surface area contributed by atoms with E-state index in [-0.39, 0.29) is 12.2 Å². The maximum Gasteiger partial charge on any atom is 0.257 e. The highest BCUT2D eigenvalue weighted by molar-refractivity contribution is 6.03. The minimum absolute atomic E-state index is 0.0945. The first-order chi connectivity index (χ1) is 14.5. The molecule has 1 amide bonds. The normalized spacial score (nSPS) is 20.5. The molecule has 2 N–H and O–H groups in total. The minimum atomic E-state index is -1.20. The first-order valence-electron chi connectivity index (χ1n) is 9.50. The van der Waals surface area contributed by atoms with Gasteiger partial charge in [0, 0.05) is 37.5 Å². The number of amides is 1. The van der Waals surface area contributed by atoms with Gasteiger partial charge in [0.2, 0.25) is 5.43 Å². The fourth-order valence-electron chi connectivity index (χ4n) is 3.72. The van der Waals surface area contributed by atoms with Gasteiger partial charge in [-0.1, -0.05) is 6.92 Å². The summed E-state index contributed by atoms with van der Waals surface area (Å²) >= 11 is 0. The van der Waals surface area contributed by atoms with E-state index in [0.717, 1.165) is 6.20 Å². The molecule has 2 heterocycles. The van der Waals surface area contributed by atoms with Crippen molar-refractivity contribution < 1.29 is 32.6 Å². The number of pyridine rings is 1. The average molecular weight is 438 g/mol. The highest BCUT2D eigenvalue weighted by Gasteiger charge is 2.47. The molecule has 1 aliphatic heterocycles. The third-order valence-electron chi connectivity index (χ3n) is 5.86. The van der Waals surface area contributed by atoms with Gasteiger partial charge < -0.3 is 19.7 Å². The topological polar surface area (TPSA) is 97.6 Å². The van der Waals surface area contributed by atoms with Gasteiger partial charge in [-0.05, 0) is 13.3 Å². The summed E-state index contributed by atoms with van der Waals surface area (Å²) in [5.41, 5.74) is -3.40. The summed E-state index contributed by atoms with van der Waals surface area (Å²) in [5.74, 6) is -5.91. The Kier molecular flexibility index (Phi) is 5.95. The summed E-state index contributed by atoms with van der Waals surface area (Å²) < 4.78 is 47.3. The third-order valence-corrected chi connectivity index (χ3v) is 5.86. The van der Waals surface area contributed by atoms with Crippen molar-refractivity contribution in [2.24, 2.45) is 5.41 Å². The Morgan fingerprint density at radius 1 is 1.29 bits per heavy atom. The number of halogens is 3. The number of aromatic nitrogens is 1. The lowest BCUT2D eigenvalue weighted by molar-refractivity contribution is -0.0163. The Morgan fingerprint density at radius 2 is 1.90 bits per heavy atom. The second-order valence-corrected chi connectivity index (χ2v) is 7.58. The van der Waals surface area contributed by atoms with E-state index in [9.17, 15) is 32.7 Å². The number of Topliss-reactive ketones (excluding diaryl/α,β-unsaturated/α-hetero) is 1. The first kappa shape index (κ1) is 22.5. The quantitative estimate of drug-likeness (QED) is 0.748. The molecule has 3 rings (SSSR count). The zero-order valence-corrected chi connectivity index (χ0v) is 17.1. The number of aromatic hydroxyl groups is 1. The lowest BCUT2D eigenvalue weighted by atomic mass is 9.73. The SMILES string of the molecule is CCC1(C)C(=O)c2c(O)c(=O)c(C(=O)NCc3c(F)cc(F)cc3F)cn2CC1OC. The van der Waals surface area contributed by atoms with Gasteiger partial charge in [-0.25, -0.2) is 13.2 Å². The Morgan fingerprint density at radius 3 is 2.45 bits per heavy atom. The number of hydrogen-bond acceptors (Lipinski definition) is 5.